The van der Waals surface area contributed by atoms with E-state index in [0.29, 0.717) is 12.3 Å². The fourth-order valence-corrected chi connectivity index (χ4v) is 2.23. The van der Waals surface area contributed by atoms with Crippen LogP contribution in [-0.2, 0) is 14.6 Å². The summed E-state index contributed by atoms with van der Waals surface area (Å²) in [6, 6.07) is 0. The van der Waals surface area contributed by atoms with Gasteiger partial charge >= 0.3 is 0 Å². The SMILES string of the molecule is CS(=O)(=O)CCNC(=O)CCC1CCNC1. The predicted octanol–water partition coefficient (Wildman–Crippen LogP) is -0.463. The van der Waals surface area contributed by atoms with E-state index in [9.17, 15) is 13.2 Å². The van der Waals surface area contributed by atoms with Crippen LogP contribution >= 0.6 is 0 Å². The summed E-state index contributed by atoms with van der Waals surface area (Å²) in [5.41, 5.74) is 0. The molecular weight excluding hydrogens is 228 g/mol. The molecule has 0 radical (unpaired) electrons. The summed E-state index contributed by atoms with van der Waals surface area (Å²) in [4.78, 5) is 11.4. The number of amides is 1. The van der Waals surface area contributed by atoms with Crippen molar-refractivity contribution in [1.29, 1.82) is 0 Å². The fourth-order valence-electron chi connectivity index (χ4n) is 1.76. The Hall–Kier alpha value is -0.620. The third-order valence-corrected chi connectivity index (χ3v) is 3.68. The van der Waals surface area contributed by atoms with Crippen LogP contribution in [0.15, 0.2) is 0 Å². The highest BCUT2D eigenvalue weighted by Gasteiger charge is 2.15. The van der Waals surface area contributed by atoms with E-state index in [2.05, 4.69) is 10.6 Å². The van der Waals surface area contributed by atoms with Gasteiger partial charge in [-0.15, -0.1) is 0 Å². The lowest BCUT2D eigenvalue weighted by Gasteiger charge is -2.08. The molecule has 1 atom stereocenters. The summed E-state index contributed by atoms with van der Waals surface area (Å²) in [6.45, 7) is 2.26. The molecule has 0 saturated carbocycles. The monoisotopic (exact) mass is 248 g/mol. The van der Waals surface area contributed by atoms with Gasteiger partial charge in [-0.2, -0.15) is 0 Å². The summed E-state index contributed by atoms with van der Waals surface area (Å²) >= 11 is 0. The van der Waals surface area contributed by atoms with Gasteiger partial charge in [-0.05, 0) is 31.8 Å². The van der Waals surface area contributed by atoms with Gasteiger partial charge < -0.3 is 10.6 Å². The van der Waals surface area contributed by atoms with Crippen molar-refractivity contribution < 1.29 is 13.2 Å². The summed E-state index contributed by atoms with van der Waals surface area (Å²) in [6.07, 6.45) is 3.69. The molecule has 2 N–H and O–H groups in total. The molecule has 1 amide bonds. The molecule has 1 rings (SSSR count). The van der Waals surface area contributed by atoms with Crippen LogP contribution < -0.4 is 10.6 Å². The molecule has 0 aromatic carbocycles. The van der Waals surface area contributed by atoms with Crippen molar-refractivity contribution in [3.05, 3.63) is 0 Å². The average molecular weight is 248 g/mol. The Morgan fingerprint density at radius 1 is 1.50 bits per heavy atom. The first-order chi connectivity index (χ1) is 7.47. The normalized spacial score (nSPS) is 20.9. The molecule has 5 nitrogen and oxygen atoms in total. The van der Waals surface area contributed by atoms with Gasteiger partial charge in [0.2, 0.25) is 5.91 Å². The Kier molecular flexibility index (Phi) is 5.21. The van der Waals surface area contributed by atoms with Gasteiger partial charge in [0.1, 0.15) is 9.84 Å². The Morgan fingerprint density at radius 2 is 2.25 bits per heavy atom. The second-order valence-corrected chi connectivity index (χ2v) is 6.64. The van der Waals surface area contributed by atoms with Gasteiger partial charge in [0, 0.05) is 19.2 Å². The molecule has 0 spiro atoms. The van der Waals surface area contributed by atoms with E-state index in [1.54, 1.807) is 0 Å². The maximum atomic E-state index is 11.4. The van der Waals surface area contributed by atoms with E-state index in [0.717, 1.165) is 25.9 Å². The molecule has 0 aromatic heterocycles. The number of hydrogen-bond acceptors (Lipinski definition) is 4. The number of carbonyl (C=O) groups is 1. The zero-order valence-electron chi connectivity index (χ0n) is 9.66. The smallest absolute Gasteiger partial charge is 0.220 e. The molecule has 16 heavy (non-hydrogen) atoms. The Morgan fingerprint density at radius 3 is 2.81 bits per heavy atom. The Balaban J connectivity index is 2.06. The zero-order chi connectivity index (χ0) is 12.0. The van der Waals surface area contributed by atoms with Gasteiger partial charge in [-0.3, -0.25) is 4.79 Å². The molecule has 0 aliphatic carbocycles. The van der Waals surface area contributed by atoms with E-state index in [-0.39, 0.29) is 18.2 Å². The Labute approximate surface area is 96.9 Å². The molecular formula is C10H20N2O3S. The van der Waals surface area contributed by atoms with E-state index in [1.807, 2.05) is 0 Å². The van der Waals surface area contributed by atoms with E-state index < -0.39 is 9.84 Å². The molecule has 1 saturated heterocycles. The van der Waals surface area contributed by atoms with Crippen LogP contribution in [0.5, 0.6) is 0 Å². The minimum atomic E-state index is -2.98. The molecule has 0 bridgehead atoms. The second kappa shape index (κ2) is 6.20. The molecule has 1 unspecified atom stereocenters. The molecule has 6 heteroatoms. The number of nitrogens with one attached hydrogen (secondary N) is 2. The van der Waals surface area contributed by atoms with Crippen molar-refractivity contribution in [3.63, 3.8) is 0 Å². The largest absolute Gasteiger partial charge is 0.355 e. The van der Waals surface area contributed by atoms with Gasteiger partial charge in [0.25, 0.3) is 0 Å². The van der Waals surface area contributed by atoms with Gasteiger partial charge in [-0.25, -0.2) is 8.42 Å². The summed E-state index contributed by atoms with van der Waals surface area (Å²) < 4.78 is 21.6. The lowest BCUT2D eigenvalue weighted by molar-refractivity contribution is -0.121. The highest BCUT2D eigenvalue weighted by molar-refractivity contribution is 7.90. The van der Waals surface area contributed by atoms with E-state index in [4.69, 9.17) is 0 Å². The molecule has 0 aromatic rings. The van der Waals surface area contributed by atoms with Gasteiger partial charge in [0.15, 0.2) is 0 Å². The third-order valence-electron chi connectivity index (χ3n) is 2.74. The molecule has 1 fully saturated rings. The number of rotatable bonds is 6. The van der Waals surface area contributed by atoms with Crippen LogP contribution in [0.4, 0.5) is 0 Å². The number of hydrogen-bond donors (Lipinski definition) is 2. The van der Waals surface area contributed by atoms with Crippen LogP contribution in [0.3, 0.4) is 0 Å². The van der Waals surface area contributed by atoms with Crippen LogP contribution in [-0.4, -0.2) is 46.0 Å². The minimum Gasteiger partial charge on any atom is -0.355 e. The van der Waals surface area contributed by atoms with Gasteiger partial charge in [-0.1, -0.05) is 0 Å². The van der Waals surface area contributed by atoms with Crippen molar-refractivity contribution in [2.24, 2.45) is 5.92 Å². The second-order valence-electron chi connectivity index (χ2n) is 4.38. The standard InChI is InChI=1S/C10H20N2O3S/c1-16(14,15)7-6-12-10(13)3-2-9-4-5-11-8-9/h9,11H,2-8H2,1H3,(H,12,13). The molecule has 1 aliphatic heterocycles. The lowest BCUT2D eigenvalue weighted by Crippen LogP contribution is -2.29. The van der Waals surface area contributed by atoms with E-state index in [1.165, 1.54) is 6.26 Å². The maximum Gasteiger partial charge on any atom is 0.220 e. The highest BCUT2D eigenvalue weighted by atomic mass is 32.2. The van der Waals surface area contributed by atoms with Crippen LogP contribution in [0.25, 0.3) is 0 Å². The van der Waals surface area contributed by atoms with Crippen molar-refractivity contribution >= 4 is 15.7 Å². The number of sulfone groups is 1. The molecule has 94 valence electrons. The van der Waals surface area contributed by atoms with Gasteiger partial charge in [0.05, 0.1) is 5.75 Å². The van der Waals surface area contributed by atoms with Crippen molar-refractivity contribution in [2.45, 2.75) is 19.3 Å². The first kappa shape index (κ1) is 13.4. The third kappa shape index (κ3) is 6.07. The highest BCUT2D eigenvalue weighted by Crippen LogP contribution is 2.13. The zero-order valence-corrected chi connectivity index (χ0v) is 10.5. The quantitative estimate of drug-likeness (QED) is 0.667. The first-order valence-electron chi connectivity index (χ1n) is 5.62. The van der Waals surface area contributed by atoms with Crippen molar-refractivity contribution in [2.75, 3.05) is 31.6 Å². The van der Waals surface area contributed by atoms with E-state index >= 15 is 0 Å². The van der Waals surface area contributed by atoms with Crippen molar-refractivity contribution in [1.82, 2.24) is 10.6 Å². The first-order valence-corrected chi connectivity index (χ1v) is 7.68. The predicted molar refractivity (Wildman–Crippen MR) is 62.9 cm³/mol. The topological polar surface area (TPSA) is 75.3 Å². The van der Waals surface area contributed by atoms with Crippen LogP contribution in [0, 0.1) is 5.92 Å². The average Bonchev–Trinajstić information content (AvgIpc) is 2.65. The van der Waals surface area contributed by atoms with Crippen LogP contribution in [0.1, 0.15) is 19.3 Å². The van der Waals surface area contributed by atoms with Crippen molar-refractivity contribution in [3.8, 4) is 0 Å². The Bertz CT molecular complexity index is 321. The van der Waals surface area contributed by atoms with Crippen LogP contribution in [0.2, 0.25) is 0 Å². The summed E-state index contributed by atoms with van der Waals surface area (Å²) in [5.74, 6) is 0.570. The molecule has 1 aliphatic rings. The maximum absolute atomic E-state index is 11.4. The number of carbonyl (C=O) groups excluding carboxylic acids is 1. The molecule has 1 heterocycles. The lowest BCUT2D eigenvalue weighted by atomic mass is 10.0. The summed E-state index contributed by atoms with van der Waals surface area (Å²) in [5, 5.41) is 5.87. The summed E-state index contributed by atoms with van der Waals surface area (Å²) in [7, 11) is -2.98. The fraction of sp³-hybridized carbons (Fsp3) is 0.900. The minimum absolute atomic E-state index is 0.0176.